The van der Waals surface area contributed by atoms with E-state index in [1.807, 2.05) is 6.92 Å². The molecule has 3 heterocycles. The van der Waals surface area contributed by atoms with Crippen molar-refractivity contribution in [1.29, 1.82) is 0 Å². The van der Waals surface area contributed by atoms with Gasteiger partial charge in [-0.15, -0.1) is 0 Å². The van der Waals surface area contributed by atoms with Crippen molar-refractivity contribution >= 4 is 28.6 Å². The summed E-state index contributed by atoms with van der Waals surface area (Å²) in [6.45, 7) is 2.41. The molecule has 0 spiro atoms. The van der Waals surface area contributed by atoms with Crippen LogP contribution in [0.4, 0.5) is 4.39 Å². The van der Waals surface area contributed by atoms with Crippen LogP contribution in [0.5, 0.6) is 0 Å². The molecule has 0 saturated carbocycles. The van der Waals surface area contributed by atoms with Gasteiger partial charge in [-0.25, -0.2) is 9.37 Å². The summed E-state index contributed by atoms with van der Waals surface area (Å²) in [5.41, 5.74) is 2.00. The number of rotatable bonds is 3. The molecule has 0 aliphatic carbocycles. The monoisotopic (exact) mass is 439 g/mol. The quantitative estimate of drug-likeness (QED) is 0.466. The fourth-order valence-electron chi connectivity index (χ4n) is 4.03. The van der Waals surface area contributed by atoms with Gasteiger partial charge in [-0.1, -0.05) is 11.6 Å². The number of amides is 1. The summed E-state index contributed by atoms with van der Waals surface area (Å²) < 4.78 is 20.0. The Hall–Kier alpha value is -3.26. The van der Waals surface area contributed by atoms with Gasteiger partial charge >= 0.3 is 0 Å². The number of benzene rings is 2. The van der Waals surface area contributed by atoms with E-state index in [0.717, 1.165) is 12.8 Å². The van der Waals surface area contributed by atoms with Gasteiger partial charge in [-0.05, 0) is 56.2 Å². The molecular weight excluding hydrogens is 421 g/mol. The lowest BCUT2D eigenvalue weighted by atomic mass is 9.92. The highest BCUT2D eigenvalue weighted by molar-refractivity contribution is 6.31. The van der Waals surface area contributed by atoms with Crippen molar-refractivity contribution < 1.29 is 13.6 Å². The van der Waals surface area contributed by atoms with Crippen molar-refractivity contribution in [2.24, 2.45) is 0 Å². The zero-order chi connectivity index (χ0) is 21.5. The number of fused-ring (bicyclic) bond motifs is 1. The summed E-state index contributed by atoms with van der Waals surface area (Å²) in [5.74, 6) is -0.249. The van der Waals surface area contributed by atoms with Crippen molar-refractivity contribution in [3.8, 4) is 5.69 Å². The third-order valence-corrected chi connectivity index (χ3v) is 5.92. The van der Waals surface area contributed by atoms with Gasteiger partial charge in [0.15, 0.2) is 11.5 Å². The number of carbonyl (C=O) groups excluding carboxylic acids is 1. The number of hydrogen-bond donors (Lipinski definition) is 0. The van der Waals surface area contributed by atoms with Crippen LogP contribution in [0, 0.1) is 5.82 Å². The van der Waals surface area contributed by atoms with Gasteiger partial charge in [0.2, 0.25) is 0 Å². The Morgan fingerprint density at radius 2 is 1.97 bits per heavy atom. The molecule has 1 aliphatic rings. The highest BCUT2D eigenvalue weighted by Gasteiger charge is 2.34. The smallest absolute Gasteiger partial charge is 0.256 e. The number of likely N-dealkylation sites (tertiary alicyclic amines) is 1. The Balaban J connectivity index is 1.47. The van der Waals surface area contributed by atoms with Gasteiger partial charge in [0.1, 0.15) is 11.3 Å². The average molecular weight is 440 g/mol. The van der Waals surface area contributed by atoms with Crippen LogP contribution >= 0.6 is 11.6 Å². The topological polar surface area (TPSA) is 77.0 Å². The minimum Gasteiger partial charge on any atom is -0.440 e. The van der Waals surface area contributed by atoms with E-state index < -0.39 is 5.82 Å². The van der Waals surface area contributed by atoms with Crippen molar-refractivity contribution in [1.82, 2.24) is 24.9 Å². The minimum atomic E-state index is -0.490. The van der Waals surface area contributed by atoms with E-state index in [2.05, 4.69) is 15.2 Å². The second-order valence-electron chi connectivity index (χ2n) is 7.72. The molecule has 0 N–H and O–H groups in total. The molecule has 5 rings (SSSR count). The van der Waals surface area contributed by atoms with E-state index in [9.17, 15) is 9.18 Å². The van der Waals surface area contributed by atoms with Crippen LogP contribution in [0.25, 0.3) is 16.8 Å². The first kappa shape index (κ1) is 19.7. The number of carbonyl (C=O) groups is 1. The zero-order valence-electron chi connectivity index (χ0n) is 16.7. The summed E-state index contributed by atoms with van der Waals surface area (Å²) in [6.07, 6.45) is 4.64. The third kappa shape index (κ3) is 3.67. The van der Waals surface area contributed by atoms with Crippen molar-refractivity contribution in [2.75, 3.05) is 6.54 Å². The Labute approximate surface area is 182 Å². The number of piperidine rings is 1. The van der Waals surface area contributed by atoms with Crippen LogP contribution in [0.1, 0.15) is 41.9 Å². The first-order valence-corrected chi connectivity index (χ1v) is 10.4. The van der Waals surface area contributed by atoms with E-state index in [-0.39, 0.29) is 23.4 Å². The fraction of sp³-hybridized carbons (Fsp3) is 0.273. The molecule has 0 bridgehead atoms. The summed E-state index contributed by atoms with van der Waals surface area (Å²) in [7, 11) is 0. The largest absolute Gasteiger partial charge is 0.440 e. The molecule has 4 aromatic rings. The standard InChI is InChI=1S/C22H19ClFN5O2/c1-13-2-3-14(21-27-18-10-15(23)4-7-20(18)31-21)12-28(13)22(30)17-11-16(24)5-6-19(17)29-25-8-9-26-29/h4-11,13-14H,2-3,12H2,1H3/t13-,14-/m1/s1. The highest BCUT2D eigenvalue weighted by atomic mass is 35.5. The SMILES string of the molecule is C[C@@H]1CC[C@@H](c2nc3cc(Cl)ccc3o2)CN1C(=O)c1cc(F)ccc1-n1nccn1. The Morgan fingerprint density at radius 1 is 1.16 bits per heavy atom. The van der Waals surface area contributed by atoms with Gasteiger partial charge in [0, 0.05) is 17.6 Å². The predicted molar refractivity (Wildman–Crippen MR) is 113 cm³/mol. The molecule has 2 aromatic carbocycles. The van der Waals surface area contributed by atoms with Crippen LogP contribution in [-0.4, -0.2) is 43.4 Å². The Bertz CT molecular complexity index is 1260. The molecule has 2 aromatic heterocycles. The lowest BCUT2D eigenvalue weighted by molar-refractivity contribution is 0.0597. The predicted octanol–water partition coefficient (Wildman–Crippen LogP) is 4.61. The van der Waals surface area contributed by atoms with Crippen LogP contribution in [-0.2, 0) is 0 Å². The molecule has 158 valence electrons. The number of aromatic nitrogens is 4. The third-order valence-electron chi connectivity index (χ3n) is 5.68. The van der Waals surface area contributed by atoms with E-state index >= 15 is 0 Å². The van der Waals surface area contributed by atoms with Crippen molar-refractivity contribution in [2.45, 2.75) is 31.7 Å². The molecule has 1 aliphatic heterocycles. The van der Waals surface area contributed by atoms with E-state index in [1.54, 1.807) is 23.1 Å². The zero-order valence-corrected chi connectivity index (χ0v) is 17.5. The molecule has 0 radical (unpaired) electrons. The van der Waals surface area contributed by atoms with Gasteiger partial charge in [-0.3, -0.25) is 4.79 Å². The first-order chi connectivity index (χ1) is 15.0. The van der Waals surface area contributed by atoms with Gasteiger partial charge in [0.25, 0.3) is 5.91 Å². The van der Waals surface area contributed by atoms with Crippen LogP contribution in [0.3, 0.4) is 0 Å². The maximum Gasteiger partial charge on any atom is 0.256 e. The van der Waals surface area contributed by atoms with Gasteiger partial charge in [-0.2, -0.15) is 15.0 Å². The van der Waals surface area contributed by atoms with Crippen LogP contribution in [0.15, 0.2) is 53.2 Å². The van der Waals surface area contributed by atoms with E-state index in [1.165, 1.54) is 35.4 Å². The van der Waals surface area contributed by atoms with Gasteiger partial charge in [0.05, 0.1) is 29.6 Å². The second-order valence-corrected chi connectivity index (χ2v) is 8.16. The molecule has 1 amide bonds. The maximum absolute atomic E-state index is 14.0. The van der Waals surface area contributed by atoms with Crippen LogP contribution in [0.2, 0.25) is 5.02 Å². The molecule has 1 fully saturated rings. The molecule has 7 nitrogen and oxygen atoms in total. The van der Waals surface area contributed by atoms with E-state index in [0.29, 0.717) is 34.2 Å². The number of nitrogens with zero attached hydrogens (tertiary/aromatic N) is 5. The van der Waals surface area contributed by atoms with Crippen molar-refractivity contribution in [3.05, 3.63) is 71.1 Å². The number of halogens is 2. The highest BCUT2D eigenvalue weighted by Crippen LogP contribution is 2.33. The fourth-order valence-corrected chi connectivity index (χ4v) is 4.20. The summed E-state index contributed by atoms with van der Waals surface area (Å²) >= 11 is 6.06. The van der Waals surface area contributed by atoms with E-state index in [4.69, 9.17) is 16.0 Å². The minimum absolute atomic E-state index is 0.00993. The molecule has 2 atom stereocenters. The summed E-state index contributed by atoms with van der Waals surface area (Å²) in [5, 5.41) is 8.78. The van der Waals surface area contributed by atoms with Crippen molar-refractivity contribution in [3.63, 3.8) is 0 Å². The number of hydrogen-bond acceptors (Lipinski definition) is 5. The number of oxazole rings is 1. The molecule has 9 heteroatoms. The molecule has 1 saturated heterocycles. The normalized spacial score (nSPS) is 19.1. The lowest BCUT2D eigenvalue weighted by Gasteiger charge is -2.37. The lowest BCUT2D eigenvalue weighted by Crippen LogP contribution is -2.45. The Morgan fingerprint density at radius 3 is 2.77 bits per heavy atom. The molecule has 0 unspecified atom stereocenters. The average Bonchev–Trinajstić information content (AvgIpc) is 3.43. The first-order valence-electron chi connectivity index (χ1n) is 10.0. The Kier molecular flexibility index (Phi) is 4.94. The van der Waals surface area contributed by atoms with Gasteiger partial charge < -0.3 is 9.32 Å². The maximum atomic E-state index is 14.0. The van der Waals surface area contributed by atoms with Crippen LogP contribution < -0.4 is 0 Å². The summed E-state index contributed by atoms with van der Waals surface area (Å²) in [4.78, 5) is 21.2. The summed E-state index contributed by atoms with van der Waals surface area (Å²) in [6, 6.07) is 9.34. The molecular formula is C22H19ClFN5O2. The second kappa shape index (κ2) is 7.77. The molecule has 31 heavy (non-hydrogen) atoms.